The van der Waals surface area contributed by atoms with Crippen LogP contribution in [0, 0.1) is 45.3 Å². The second kappa shape index (κ2) is 22.7. The van der Waals surface area contributed by atoms with Gasteiger partial charge in [0.15, 0.2) is 25.2 Å². The first-order valence-corrected chi connectivity index (χ1v) is 27.3. The highest BCUT2D eigenvalue weighted by Crippen LogP contribution is 2.76. The van der Waals surface area contributed by atoms with Crippen molar-refractivity contribution in [1.29, 1.82) is 0 Å². The largest absolute Gasteiger partial charge is 0.394 e. The summed E-state index contributed by atoms with van der Waals surface area (Å²) >= 11 is 0. The molecule has 14 N–H and O–H groups in total. The molecule has 29 unspecified atom stereocenters. The van der Waals surface area contributed by atoms with Crippen molar-refractivity contribution in [2.24, 2.45) is 45.3 Å². The molecule has 4 heterocycles. The minimum Gasteiger partial charge on any atom is -0.394 e. The predicted octanol–water partition coefficient (Wildman–Crippen LogP) is -1.56. The summed E-state index contributed by atoms with van der Waals surface area (Å²) < 4.78 is 48.9. The summed E-state index contributed by atoms with van der Waals surface area (Å²) in [6.45, 7) is 14.9. The van der Waals surface area contributed by atoms with Gasteiger partial charge in [-0.2, -0.15) is 0 Å². The summed E-state index contributed by atoms with van der Waals surface area (Å²) in [5.74, 6) is -0.394. The Morgan fingerprint density at radius 2 is 1.08 bits per heavy atom. The number of ether oxygens (including phenoxy) is 8. The zero-order valence-corrected chi connectivity index (χ0v) is 44.7. The van der Waals surface area contributed by atoms with E-state index in [1.54, 1.807) is 0 Å². The van der Waals surface area contributed by atoms with Crippen LogP contribution < -0.4 is 0 Å². The van der Waals surface area contributed by atoms with Crippen LogP contribution in [0.5, 0.6) is 0 Å². The van der Waals surface area contributed by atoms with Gasteiger partial charge in [-0.05, 0) is 124 Å². The maximum absolute atomic E-state index is 12.8. The van der Waals surface area contributed by atoms with Crippen molar-refractivity contribution in [2.75, 3.05) is 26.4 Å². The van der Waals surface area contributed by atoms with Gasteiger partial charge in [0, 0.05) is 0 Å². The van der Waals surface area contributed by atoms with Crippen LogP contribution >= 0.6 is 0 Å². The van der Waals surface area contributed by atoms with Gasteiger partial charge in [-0.25, -0.2) is 0 Å². The van der Waals surface area contributed by atoms with Crippen LogP contribution in [0.15, 0.2) is 11.6 Å². The fraction of sp³-hybridized carbons (Fsp3) is 0.962. The van der Waals surface area contributed by atoms with Crippen LogP contribution in [0.25, 0.3) is 0 Å². The van der Waals surface area contributed by atoms with Gasteiger partial charge in [-0.15, -0.1) is 0 Å². The van der Waals surface area contributed by atoms with Crippen molar-refractivity contribution in [3.63, 3.8) is 0 Å². The zero-order chi connectivity index (χ0) is 55.1. The maximum atomic E-state index is 12.8. The molecule has 29 atom stereocenters. The Bertz CT molecular complexity index is 1940. The molecule has 0 amide bonds. The number of allylic oxidation sites excluding steroid dienone is 2. The van der Waals surface area contributed by atoms with Gasteiger partial charge in [-0.3, -0.25) is 0 Å². The van der Waals surface area contributed by atoms with Gasteiger partial charge in [0.1, 0.15) is 91.6 Å². The summed E-state index contributed by atoms with van der Waals surface area (Å²) in [6, 6.07) is 0. The molecule has 8 fully saturated rings. The Kier molecular flexibility index (Phi) is 18.1. The smallest absolute Gasteiger partial charge is 0.187 e. The van der Waals surface area contributed by atoms with Crippen molar-refractivity contribution < 1.29 is 109 Å². The molecule has 0 aromatic rings. The Balaban J connectivity index is 1.01. The Morgan fingerprint density at radius 1 is 0.560 bits per heavy atom. The molecule has 4 aliphatic heterocycles. The number of aliphatic hydroxyl groups is 14. The lowest BCUT2D eigenvalue weighted by atomic mass is 9.35. The Morgan fingerprint density at radius 3 is 1.69 bits per heavy atom. The third kappa shape index (κ3) is 10.5. The summed E-state index contributed by atoms with van der Waals surface area (Å²) in [6.07, 6.45) is -22.1. The van der Waals surface area contributed by atoms with E-state index in [1.807, 2.05) is 20.8 Å². The topological polar surface area (TPSA) is 357 Å². The van der Waals surface area contributed by atoms with E-state index >= 15 is 0 Å². The highest BCUT2D eigenvalue weighted by molar-refractivity contribution is 5.20. The molecule has 22 nitrogen and oxygen atoms in total. The predicted molar refractivity (Wildman–Crippen MR) is 260 cm³/mol. The molecule has 4 saturated heterocycles. The van der Waals surface area contributed by atoms with Crippen molar-refractivity contribution in [1.82, 2.24) is 0 Å². The van der Waals surface area contributed by atoms with Crippen molar-refractivity contribution in [3.8, 4) is 0 Å². The summed E-state index contributed by atoms with van der Waals surface area (Å²) in [5.41, 5.74) is -1.47. The molecule has 434 valence electrons. The standard InChI is InChI=1S/C53H90O22/c1-23(2)10-9-14-53(8,75-47-43(67)39(63)37(61)29(72-47)22-68-45-41(65)36(60)28(21-56)69-45)24-11-16-52(7)33(24)25(57)18-31-50(5)15-13-32(49(3,4)30(50)12-17-51(31,52)6)73-48-44(40(64)35(59)27(20-55)71-48)74-46-42(66)38(62)34(58)26(19-54)70-46/h10,24-48,54-67H,9,11-22H2,1-8H3. The van der Waals surface area contributed by atoms with Gasteiger partial charge < -0.3 is 109 Å². The van der Waals surface area contributed by atoms with E-state index in [0.717, 1.165) is 24.8 Å². The number of hydrogen-bond donors (Lipinski definition) is 14. The van der Waals surface area contributed by atoms with E-state index in [0.29, 0.717) is 38.5 Å². The SMILES string of the molecule is CC(C)=CCCC(C)(OC1OC(COC2OC(CO)C(O)C2O)C(O)C(O)C1O)C1CCC2(C)C1C(O)CC1C3(C)CCC(OC4OC(CO)C(O)C(O)C4OC4OC(CO)C(O)C(O)C4O)C(C)(C)C3CCC12C. The van der Waals surface area contributed by atoms with Crippen molar-refractivity contribution >= 4 is 0 Å². The molecule has 0 aromatic heterocycles. The lowest BCUT2D eigenvalue weighted by molar-refractivity contribution is -0.378. The third-order valence-corrected chi connectivity index (χ3v) is 20.5. The normalized spacial score (nSPS) is 52.6. The molecular weight excluding hydrogens is 989 g/mol. The molecule has 0 aromatic carbocycles. The van der Waals surface area contributed by atoms with Gasteiger partial charge in [0.25, 0.3) is 0 Å². The monoisotopic (exact) mass is 1080 g/mol. The van der Waals surface area contributed by atoms with Gasteiger partial charge in [-0.1, -0.05) is 46.3 Å². The molecule has 75 heavy (non-hydrogen) atoms. The number of aliphatic hydroxyl groups excluding tert-OH is 14. The van der Waals surface area contributed by atoms with Crippen molar-refractivity contribution in [2.45, 2.75) is 248 Å². The number of rotatable bonds is 16. The highest BCUT2D eigenvalue weighted by Gasteiger charge is 2.72. The molecular formula is C53H90O22. The molecule has 0 radical (unpaired) electrons. The van der Waals surface area contributed by atoms with Crippen LogP contribution in [0.4, 0.5) is 0 Å². The van der Waals surface area contributed by atoms with Crippen LogP contribution in [0.3, 0.4) is 0 Å². The summed E-state index contributed by atoms with van der Waals surface area (Å²) in [4.78, 5) is 0. The fourth-order valence-corrected chi connectivity index (χ4v) is 16.1. The number of fused-ring (bicyclic) bond motifs is 5. The van der Waals surface area contributed by atoms with Gasteiger partial charge in [0.2, 0.25) is 0 Å². The lowest BCUT2D eigenvalue weighted by Crippen LogP contribution is -2.68. The molecule has 8 aliphatic rings. The molecule has 0 bridgehead atoms. The molecule has 0 spiro atoms. The summed E-state index contributed by atoms with van der Waals surface area (Å²) in [7, 11) is 0. The molecule has 4 aliphatic carbocycles. The third-order valence-electron chi connectivity index (χ3n) is 20.5. The lowest BCUT2D eigenvalue weighted by Gasteiger charge is -2.71. The minimum atomic E-state index is -1.81. The van der Waals surface area contributed by atoms with E-state index in [9.17, 15) is 71.5 Å². The van der Waals surface area contributed by atoms with Gasteiger partial charge >= 0.3 is 0 Å². The quantitative estimate of drug-likeness (QED) is 0.0614. The van der Waals surface area contributed by atoms with Crippen LogP contribution in [0.1, 0.15) is 113 Å². The second-order valence-electron chi connectivity index (χ2n) is 25.3. The first-order chi connectivity index (χ1) is 35.1. The van der Waals surface area contributed by atoms with E-state index in [1.165, 1.54) is 0 Å². The Labute approximate surface area is 439 Å². The first-order valence-electron chi connectivity index (χ1n) is 27.3. The van der Waals surface area contributed by atoms with E-state index in [-0.39, 0.29) is 34.5 Å². The fourth-order valence-electron chi connectivity index (χ4n) is 16.1. The average molecular weight is 1080 g/mol. The molecule has 8 rings (SSSR count). The highest BCUT2D eigenvalue weighted by atomic mass is 16.8. The first kappa shape index (κ1) is 60.0. The van der Waals surface area contributed by atoms with E-state index < -0.39 is 172 Å². The van der Waals surface area contributed by atoms with Crippen LogP contribution in [-0.4, -0.2) is 232 Å². The van der Waals surface area contributed by atoms with Crippen molar-refractivity contribution in [3.05, 3.63) is 11.6 Å². The average Bonchev–Trinajstić information content (AvgIpc) is 3.89. The zero-order valence-electron chi connectivity index (χ0n) is 44.7. The molecule has 4 saturated carbocycles. The summed E-state index contributed by atoms with van der Waals surface area (Å²) in [5, 5.41) is 151. The van der Waals surface area contributed by atoms with E-state index in [4.69, 9.17) is 37.9 Å². The van der Waals surface area contributed by atoms with Crippen LogP contribution in [-0.2, 0) is 37.9 Å². The Hall–Kier alpha value is -1.14. The van der Waals surface area contributed by atoms with Gasteiger partial charge in [0.05, 0.1) is 44.2 Å². The minimum absolute atomic E-state index is 0.0508. The number of hydrogen-bond acceptors (Lipinski definition) is 22. The van der Waals surface area contributed by atoms with E-state index in [2.05, 4.69) is 40.7 Å². The van der Waals surface area contributed by atoms with Crippen LogP contribution in [0.2, 0.25) is 0 Å². The molecule has 22 heteroatoms. The second-order valence-corrected chi connectivity index (χ2v) is 25.3. The maximum Gasteiger partial charge on any atom is 0.187 e.